The summed E-state index contributed by atoms with van der Waals surface area (Å²) < 4.78 is 33.6. The number of carbonyl (C=O) groups excluding carboxylic acids is 2. The Hall–Kier alpha value is -3.17. The van der Waals surface area contributed by atoms with E-state index in [1.54, 1.807) is 45.9 Å². The number of hydrogen-bond acceptors (Lipinski definition) is 5. The van der Waals surface area contributed by atoms with Gasteiger partial charge in [0.05, 0.1) is 10.5 Å². The molecule has 0 spiro atoms. The minimum Gasteiger partial charge on any atom is -0.466 e. The lowest BCUT2D eigenvalue weighted by Crippen LogP contribution is -2.54. The van der Waals surface area contributed by atoms with Crippen LogP contribution in [0.15, 0.2) is 57.8 Å². The van der Waals surface area contributed by atoms with Gasteiger partial charge in [0.25, 0.3) is 11.8 Å². The molecule has 0 bridgehead atoms. The Bertz CT molecular complexity index is 1230. The van der Waals surface area contributed by atoms with Crippen molar-refractivity contribution in [3.63, 3.8) is 0 Å². The zero-order valence-corrected chi connectivity index (χ0v) is 18.5. The highest BCUT2D eigenvalue weighted by Gasteiger charge is 2.29. The van der Waals surface area contributed by atoms with Crippen LogP contribution in [0.2, 0.25) is 0 Å². The summed E-state index contributed by atoms with van der Waals surface area (Å²) in [5, 5.41) is 1.68. The fourth-order valence-electron chi connectivity index (χ4n) is 3.18. The minimum atomic E-state index is -3.97. The van der Waals surface area contributed by atoms with Gasteiger partial charge < -0.3 is 4.42 Å². The van der Waals surface area contributed by atoms with Crippen molar-refractivity contribution >= 4 is 32.6 Å². The molecule has 2 amide bonds. The first-order valence-electron chi connectivity index (χ1n) is 9.77. The van der Waals surface area contributed by atoms with Crippen LogP contribution < -0.4 is 15.6 Å². The van der Waals surface area contributed by atoms with E-state index >= 15 is 0 Å². The van der Waals surface area contributed by atoms with Gasteiger partial charge in [0, 0.05) is 0 Å². The molecule has 1 unspecified atom stereocenters. The number of fused-ring (bicyclic) bond motifs is 1. The molecule has 1 heterocycles. The first-order chi connectivity index (χ1) is 14.6. The zero-order valence-electron chi connectivity index (χ0n) is 17.7. The van der Waals surface area contributed by atoms with E-state index in [4.69, 9.17) is 4.42 Å². The Morgan fingerprint density at radius 3 is 2.23 bits per heavy atom. The Morgan fingerprint density at radius 2 is 1.61 bits per heavy atom. The molecule has 3 aromatic rings. The summed E-state index contributed by atoms with van der Waals surface area (Å²) in [7, 11) is -3.97. The number of aryl methyl sites for hydroxylation is 2. The SMILES string of the molecule is Cc1cc(C(=O)NNC(=O)C(NS(=O)(=O)c2ccc3ccccc3c2)C(C)C)c(C)o1. The summed E-state index contributed by atoms with van der Waals surface area (Å²) in [4.78, 5) is 25.0. The van der Waals surface area contributed by atoms with Crippen LogP contribution in [0.3, 0.4) is 0 Å². The van der Waals surface area contributed by atoms with E-state index in [-0.39, 0.29) is 16.4 Å². The van der Waals surface area contributed by atoms with Crippen LogP contribution in [0, 0.1) is 19.8 Å². The molecule has 2 aromatic carbocycles. The van der Waals surface area contributed by atoms with Crippen LogP contribution in [-0.2, 0) is 14.8 Å². The first kappa shape index (κ1) is 22.5. The predicted molar refractivity (Wildman–Crippen MR) is 117 cm³/mol. The van der Waals surface area contributed by atoms with Crippen molar-refractivity contribution in [2.75, 3.05) is 0 Å². The van der Waals surface area contributed by atoms with E-state index in [9.17, 15) is 18.0 Å². The molecule has 31 heavy (non-hydrogen) atoms. The summed E-state index contributed by atoms with van der Waals surface area (Å²) in [5.74, 6) is -0.614. The van der Waals surface area contributed by atoms with Crippen molar-refractivity contribution in [2.24, 2.45) is 5.92 Å². The number of hydrazine groups is 1. The van der Waals surface area contributed by atoms with Crippen LogP contribution in [0.25, 0.3) is 10.8 Å². The van der Waals surface area contributed by atoms with Gasteiger partial charge >= 0.3 is 0 Å². The summed E-state index contributed by atoms with van der Waals surface area (Å²) >= 11 is 0. The van der Waals surface area contributed by atoms with Crippen LogP contribution in [-0.4, -0.2) is 26.3 Å². The minimum absolute atomic E-state index is 0.0539. The highest BCUT2D eigenvalue weighted by molar-refractivity contribution is 7.89. The highest BCUT2D eigenvalue weighted by atomic mass is 32.2. The molecule has 0 saturated heterocycles. The average molecular weight is 444 g/mol. The van der Waals surface area contributed by atoms with E-state index in [1.165, 1.54) is 6.07 Å². The fourth-order valence-corrected chi connectivity index (χ4v) is 4.56. The molecule has 0 aliphatic rings. The lowest BCUT2D eigenvalue weighted by atomic mass is 10.1. The van der Waals surface area contributed by atoms with Gasteiger partial charge in [-0.15, -0.1) is 0 Å². The molecular formula is C22H25N3O5S. The highest BCUT2D eigenvalue weighted by Crippen LogP contribution is 2.20. The van der Waals surface area contributed by atoms with Gasteiger partial charge in [-0.3, -0.25) is 20.4 Å². The van der Waals surface area contributed by atoms with E-state index in [0.717, 1.165) is 10.8 Å². The average Bonchev–Trinajstić information content (AvgIpc) is 3.07. The molecule has 0 aliphatic carbocycles. The van der Waals surface area contributed by atoms with Crippen LogP contribution in [0.4, 0.5) is 0 Å². The van der Waals surface area contributed by atoms with E-state index < -0.39 is 27.9 Å². The second-order valence-corrected chi connectivity index (χ2v) is 9.34. The second kappa shape index (κ2) is 8.91. The summed E-state index contributed by atoms with van der Waals surface area (Å²) in [6.45, 7) is 6.76. The Labute approximate surface area is 181 Å². The number of carbonyl (C=O) groups is 2. The van der Waals surface area contributed by atoms with Crippen LogP contribution in [0.5, 0.6) is 0 Å². The van der Waals surface area contributed by atoms with Crippen molar-refractivity contribution in [1.29, 1.82) is 0 Å². The third kappa shape index (κ3) is 5.12. The monoisotopic (exact) mass is 443 g/mol. The van der Waals surface area contributed by atoms with Crippen molar-refractivity contribution < 1.29 is 22.4 Å². The van der Waals surface area contributed by atoms with Crippen LogP contribution in [0.1, 0.15) is 35.7 Å². The van der Waals surface area contributed by atoms with Gasteiger partial charge in [-0.25, -0.2) is 8.42 Å². The maximum atomic E-state index is 12.9. The third-order valence-corrected chi connectivity index (χ3v) is 6.29. The Kier molecular flexibility index (Phi) is 6.47. The number of nitrogens with one attached hydrogen (secondary N) is 3. The van der Waals surface area contributed by atoms with Gasteiger partial charge in [-0.05, 0) is 48.7 Å². The molecule has 164 valence electrons. The zero-order chi connectivity index (χ0) is 22.8. The van der Waals surface area contributed by atoms with Gasteiger partial charge in [-0.2, -0.15) is 4.72 Å². The second-order valence-electron chi connectivity index (χ2n) is 7.62. The summed E-state index contributed by atoms with van der Waals surface area (Å²) in [6.07, 6.45) is 0. The van der Waals surface area contributed by atoms with Crippen molar-refractivity contribution in [1.82, 2.24) is 15.6 Å². The number of benzene rings is 2. The fraction of sp³-hybridized carbons (Fsp3) is 0.273. The maximum absolute atomic E-state index is 12.9. The molecule has 8 nitrogen and oxygen atoms in total. The lowest BCUT2D eigenvalue weighted by Gasteiger charge is -2.22. The molecule has 0 aliphatic heterocycles. The molecule has 1 atom stereocenters. The van der Waals surface area contributed by atoms with Crippen molar-refractivity contribution in [3.8, 4) is 0 Å². The molecule has 0 saturated carbocycles. The predicted octanol–water partition coefficient (Wildman–Crippen LogP) is 2.81. The molecular weight excluding hydrogens is 418 g/mol. The van der Waals surface area contributed by atoms with Crippen molar-refractivity contribution in [2.45, 2.75) is 38.6 Å². The van der Waals surface area contributed by atoms with Gasteiger partial charge in [0.1, 0.15) is 17.6 Å². The largest absolute Gasteiger partial charge is 0.466 e. The molecule has 0 radical (unpaired) electrons. The third-order valence-electron chi connectivity index (χ3n) is 4.85. The van der Waals surface area contributed by atoms with E-state index in [1.807, 2.05) is 24.3 Å². The Balaban J connectivity index is 1.73. The van der Waals surface area contributed by atoms with Gasteiger partial charge in [0.15, 0.2) is 0 Å². The topological polar surface area (TPSA) is 118 Å². The number of hydrogen-bond donors (Lipinski definition) is 3. The maximum Gasteiger partial charge on any atom is 0.273 e. The van der Waals surface area contributed by atoms with E-state index in [2.05, 4.69) is 15.6 Å². The van der Waals surface area contributed by atoms with Gasteiger partial charge in [0.2, 0.25) is 10.0 Å². The normalized spacial score (nSPS) is 12.7. The first-order valence-corrected chi connectivity index (χ1v) is 11.2. The van der Waals surface area contributed by atoms with E-state index in [0.29, 0.717) is 11.5 Å². The molecule has 0 fully saturated rings. The molecule has 3 rings (SSSR count). The lowest BCUT2D eigenvalue weighted by molar-refractivity contribution is -0.124. The summed E-state index contributed by atoms with van der Waals surface area (Å²) in [5.41, 5.74) is 4.89. The molecule has 1 aromatic heterocycles. The molecule has 9 heteroatoms. The summed E-state index contributed by atoms with van der Waals surface area (Å²) in [6, 6.07) is 12.6. The molecule has 3 N–H and O–H groups in total. The van der Waals surface area contributed by atoms with Crippen LogP contribution >= 0.6 is 0 Å². The smallest absolute Gasteiger partial charge is 0.273 e. The quantitative estimate of drug-likeness (QED) is 0.507. The number of amides is 2. The number of furan rings is 1. The standard InChI is InChI=1S/C22H25N3O5S/c1-13(2)20(22(27)24-23-21(26)19-11-14(3)30-15(19)4)25-31(28,29)18-10-9-16-7-5-6-8-17(16)12-18/h5-13,20,25H,1-4H3,(H,23,26)(H,24,27). The van der Waals surface area contributed by atoms with Gasteiger partial charge in [-0.1, -0.05) is 44.2 Å². The Morgan fingerprint density at radius 1 is 0.935 bits per heavy atom. The van der Waals surface area contributed by atoms with Crippen molar-refractivity contribution in [3.05, 3.63) is 65.6 Å². The number of sulfonamides is 1. The number of rotatable bonds is 6.